The van der Waals surface area contributed by atoms with Gasteiger partial charge in [-0.1, -0.05) is 49.4 Å². The molecule has 0 saturated heterocycles. The molecule has 0 atom stereocenters. The molecule has 84 valence electrons. The van der Waals surface area contributed by atoms with E-state index < -0.39 is 0 Å². The summed E-state index contributed by atoms with van der Waals surface area (Å²) in [4.78, 5) is 0. The van der Waals surface area contributed by atoms with Gasteiger partial charge in [0.2, 0.25) is 0 Å². The summed E-state index contributed by atoms with van der Waals surface area (Å²) in [5, 5.41) is 8.65. The Kier molecular flexibility index (Phi) is 3.42. The van der Waals surface area contributed by atoms with Crippen LogP contribution in [0.1, 0.15) is 12.5 Å². The predicted octanol–water partition coefficient (Wildman–Crippen LogP) is 3.78. The zero-order valence-electron chi connectivity index (χ0n) is 9.68. The third kappa shape index (κ3) is 2.29. The molecule has 0 aliphatic heterocycles. The Bertz CT molecular complexity index is 555. The SMILES string of the molecule is CCc1ccccc1-c1ccccc1OC#N. The van der Waals surface area contributed by atoms with Crippen molar-refractivity contribution in [1.82, 2.24) is 0 Å². The predicted molar refractivity (Wildman–Crippen MR) is 67.5 cm³/mol. The van der Waals surface area contributed by atoms with Gasteiger partial charge in [-0.15, -0.1) is 5.26 Å². The number of aryl methyl sites for hydroxylation is 1. The van der Waals surface area contributed by atoms with E-state index in [2.05, 4.69) is 19.1 Å². The number of nitrogens with zero attached hydrogens (tertiary/aromatic N) is 1. The number of rotatable bonds is 3. The smallest absolute Gasteiger partial charge is 0.292 e. The number of nitriles is 1. The molecule has 2 nitrogen and oxygen atoms in total. The van der Waals surface area contributed by atoms with Gasteiger partial charge in [-0.2, -0.15) is 0 Å². The standard InChI is InChI=1S/C15H13NO/c1-2-12-7-3-4-8-13(12)14-9-5-6-10-15(14)17-11-16/h3-10H,2H2,1H3. The van der Waals surface area contributed by atoms with Crippen LogP contribution < -0.4 is 4.74 Å². The molecule has 0 saturated carbocycles. The Balaban J connectivity index is 2.56. The van der Waals surface area contributed by atoms with Gasteiger partial charge in [0, 0.05) is 5.56 Å². The second-order valence-corrected chi connectivity index (χ2v) is 3.70. The minimum Gasteiger partial charge on any atom is -0.387 e. The highest BCUT2D eigenvalue weighted by atomic mass is 16.5. The Morgan fingerprint density at radius 1 is 1.00 bits per heavy atom. The third-order valence-corrected chi connectivity index (χ3v) is 2.73. The molecule has 0 aromatic heterocycles. The van der Waals surface area contributed by atoms with Crippen molar-refractivity contribution in [1.29, 1.82) is 5.26 Å². The van der Waals surface area contributed by atoms with Gasteiger partial charge in [0.25, 0.3) is 6.26 Å². The monoisotopic (exact) mass is 223 g/mol. The molecular formula is C15H13NO. The lowest BCUT2D eigenvalue weighted by atomic mass is 9.97. The van der Waals surface area contributed by atoms with E-state index in [1.54, 1.807) is 6.26 Å². The van der Waals surface area contributed by atoms with Crippen LogP contribution in [0.3, 0.4) is 0 Å². The van der Waals surface area contributed by atoms with Crippen LogP contribution in [0.4, 0.5) is 0 Å². The van der Waals surface area contributed by atoms with Crippen LogP contribution in [0.2, 0.25) is 0 Å². The Hall–Kier alpha value is -2.27. The number of para-hydroxylation sites is 1. The number of ether oxygens (including phenoxy) is 1. The molecule has 0 N–H and O–H groups in total. The summed E-state index contributed by atoms with van der Waals surface area (Å²) in [6.45, 7) is 2.12. The van der Waals surface area contributed by atoms with Gasteiger partial charge in [0.05, 0.1) is 0 Å². The van der Waals surface area contributed by atoms with Gasteiger partial charge in [-0.3, -0.25) is 0 Å². The van der Waals surface area contributed by atoms with E-state index in [4.69, 9.17) is 10.00 Å². The van der Waals surface area contributed by atoms with Crippen LogP contribution in [0.25, 0.3) is 11.1 Å². The molecule has 0 spiro atoms. The van der Waals surface area contributed by atoms with Gasteiger partial charge in [0.15, 0.2) is 0 Å². The normalized spacial score (nSPS) is 9.65. The van der Waals surface area contributed by atoms with Crippen molar-refractivity contribution in [2.24, 2.45) is 0 Å². The Morgan fingerprint density at radius 3 is 2.35 bits per heavy atom. The van der Waals surface area contributed by atoms with Gasteiger partial charge >= 0.3 is 0 Å². The van der Waals surface area contributed by atoms with E-state index in [9.17, 15) is 0 Å². The highest BCUT2D eigenvalue weighted by Crippen LogP contribution is 2.32. The third-order valence-electron chi connectivity index (χ3n) is 2.73. The van der Waals surface area contributed by atoms with Crippen LogP contribution >= 0.6 is 0 Å². The average molecular weight is 223 g/mol. The van der Waals surface area contributed by atoms with E-state index >= 15 is 0 Å². The summed E-state index contributed by atoms with van der Waals surface area (Å²) in [6.07, 6.45) is 2.69. The molecule has 2 rings (SSSR count). The van der Waals surface area contributed by atoms with Crippen molar-refractivity contribution in [3.63, 3.8) is 0 Å². The fraction of sp³-hybridized carbons (Fsp3) is 0.133. The summed E-state index contributed by atoms with van der Waals surface area (Å²) in [6, 6.07) is 15.8. The molecule has 0 bridgehead atoms. The maximum atomic E-state index is 8.65. The molecule has 2 heteroatoms. The fourth-order valence-corrected chi connectivity index (χ4v) is 1.92. The molecule has 0 aliphatic rings. The average Bonchev–Trinajstić information content (AvgIpc) is 2.40. The first-order valence-corrected chi connectivity index (χ1v) is 5.60. The van der Waals surface area contributed by atoms with Crippen molar-refractivity contribution >= 4 is 0 Å². The zero-order chi connectivity index (χ0) is 12.1. The van der Waals surface area contributed by atoms with E-state index in [-0.39, 0.29) is 0 Å². The molecule has 0 fully saturated rings. The molecule has 2 aromatic carbocycles. The first-order chi connectivity index (χ1) is 8.36. The maximum absolute atomic E-state index is 8.65. The summed E-state index contributed by atoms with van der Waals surface area (Å²) in [5.41, 5.74) is 3.34. The minimum absolute atomic E-state index is 0.607. The molecule has 2 aromatic rings. The molecule has 0 amide bonds. The topological polar surface area (TPSA) is 33.0 Å². The summed E-state index contributed by atoms with van der Waals surface area (Å²) in [7, 11) is 0. The summed E-state index contributed by atoms with van der Waals surface area (Å²) in [5.74, 6) is 0.607. The highest BCUT2D eigenvalue weighted by molar-refractivity contribution is 5.73. The molecule has 0 heterocycles. The minimum atomic E-state index is 0.607. The van der Waals surface area contributed by atoms with E-state index in [0.29, 0.717) is 5.75 Å². The zero-order valence-corrected chi connectivity index (χ0v) is 9.68. The summed E-state index contributed by atoms with van der Waals surface area (Å²) >= 11 is 0. The van der Waals surface area contributed by atoms with Crippen molar-refractivity contribution in [3.05, 3.63) is 54.1 Å². The second kappa shape index (κ2) is 5.18. The number of benzene rings is 2. The first-order valence-electron chi connectivity index (χ1n) is 5.60. The Morgan fingerprint density at radius 2 is 1.65 bits per heavy atom. The van der Waals surface area contributed by atoms with Gasteiger partial charge in [-0.25, -0.2) is 0 Å². The number of hydrogen-bond acceptors (Lipinski definition) is 2. The molecule has 17 heavy (non-hydrogen) atoms. The molecule has 0 radical (unpaired) electrons. The first kappa shape index (κ1) is 11.2. The maximum Gasteiger partial charge on any atom is 0.292 e. The van der Waals surface area contributed by atoms with Crippen LogP contribution in [-0.2, 0) is 6.42 Å². The lowest BCUT2D eigenvalue weighted by Crippen LogP contribution is -1.91. The highest BCUT2D eigenvalue weighted by Gasteiger charge is 2.08. The largest absolute Gasteiger partial charge is 0.387 e. The van der Waals surface area contributed by atoms with Crippen molar-refractivity contribution in [2.45, 2.75) is 13.3 Å². The molecule has 0 aliphatic carbocycles. The Labute approximate surface area is 101 Å². The van der Waals surface area contributed by atoms with Crippen molar-refractivity contribution < 1.29 is 4.74 Å². The van der Waals surface area contributed by atoms with Gasteiger partial charge in [-0.05, 0) is 23.6 Å². The van der Waals surface area contributed by atoms with Crippen LogP contribution in [0.15, 0.2) is 48.5 Å². The quantitative estimate of drug-likeness (QED) is 0.742. The van der Waals surface area contributed by atoms with Crippen LogP contribution in [0, 0.1) is 11.5 Å². The van der Waals surface area contributed by atoms with Crippen LogP contribution in [0.5, 0.6) is 5.75 Å². The molecule has 0 unspecified atom stereocenters. The van der Waals surface area contributed by atoms with Gasteiger partial charge in [0.1, 0.15) is 5.75 Å². The van der Waals surface area contributed by atoms with E-state index in [1.807, 2.05) is 36.4 Å². The summed E-state index contributed by atoms with van der Waals surface area (Å²) < 4.78 is 5.00. The second-order valence-electron chi connectivity index (χ2n) is 3.70. The van der Waals surface area contributed by atoms with Crippen molar-refractivity contribution in [2.75, 3.05) is 0 Å². The van der Waals surface area contributed by atoms with Crippen LogP contribution in [-0.4, -0.2) is 0 Å². The lowest BCUT2D eigenvalue weighted by Gasteiger charge is -2.10. The number of hydrogen-bond donors (Lipinski definition) is 0. The van der Waals surface area contributed by atoms with E-state index in [1.165, 1.54) is 5.56 Å². The van der Waals surface area contributed by atoms with E-state index in [0.717, 1.165) is 17.5 Å². The van der Waals surface area contributed by atoms with Crippen molar-refractivity contribution in [3.8, 4) is 23.1 Å². The molecular weight excluding hydrogens is 210 g/mol. The fourth-order valence-electron chi connectivity index (χ4n) is 1.92. The lowest BCUT2D eigenvalue weighted by molar-refractivity contribution is 0.509. The van der Waals surface area contributed by atoms with Gasteiger partial charge < -0.3 is 4.74 Å².